The van der Waals surface area contributed by atoms with E-state index >= 15 is 0 Å². The minimum absolute atomic E-state index is 0.0451. The zero-order chi connectivity index (χ0) is 23.8. The van der Waals surface area contributed by atoms with E-state index in [4.69, 9.17) is 9.47 Å². The third kappa shape index (κ3) is 6.42. The smallest absolute Gasteiger partial charge is 0.222 e. The summed E-state index contributed by atoms with van der Waals surface area (Å²) >= 11 is 0. The summed E-state index contributed by atoms with van der Waals surface area (Å²) in [5, 5.41) is 11.8. The van der Waals surface area contributed by atoms with Crippen LogP contribution < -0.4 is 10.1 Å². The maximum Gasteiger partial charge on any atom is 0.222 e. The van der Waals surface area contributed by atoms with Crippen LogP contribution in [0.3, 0.4) is 0 Å². The molecule has 34 heavy (non-hydrogen) atoms. The molecule has 1 N–H and O–H groups in total. The standard InChI is InChI=1S/C26H33N5O3/c1-20(27-25(32)12-16-33-2)26-29-28-24-11-13-30(14-15-31(24)26)18-22-9-6-10-23(17-22)34-19-21-7-4-3-5-8-21/h3-10,17,20H,11-16,18-19H2,1-2H3,(H,27,32). The predicted octanol–water partition coefficient (Wildman–Crippen LogP) is 3.13. The number of carbonyl (C=O) groups excluding carboxylic acids is 1. The van der Waals surface area contributed by atoms with Crippen molar-refractivity contribution in [2.45, 2.75) is 45.5 Å². The van der Waals surface area contributed by atoms with Crippen LogP contribution in [0.1, 0.15) is 42.2 Å². The number of carbonyl (C=O) groups is 1. The normalized spacial score (nSPS) is 14.8. The molecule has 0 saturated carbocycles. The Bertz CT molecular complexity index is 1070. The van der Waals surface area contributed by atoms with Gasteiger partial charge in [-0.2, -0.15) is 0 Å². The molecule has 0 spiro atoms. The highest BCUT2D eigenvalue weighted by molar-refractivity contribution is 5.76. The van der Waals surface area contributed by atoms with E-state index in [0.29, 0.717) is 19.6 Å². The maximum absolute atomic E-state index is 12.1. The van der Waals surface area contributed by atoms with Crippen LogP contribution >= 0.6 is 0 Å². The van der Waals surface area contributed by atoms with Gasteiger partial charge in [0.15, 0.2) is 5.82 Å². The van der Waals surface area contributed by atoms with Crippen molar-refractivity contribution in [2.75, 3.05) is 26.8 Å². The van der Waals surface area contributed by atoms with Crippen molar-refractivity contribution < 1.29 is 14.3 Å². The molecule has 1 aromatic heterocycles. The number of nitrogens with one attached hydrogen (secondary N) is 1. The molecule has 2 heterocycles. The molecule has 8 heteroatoms. The van der Waals surface area contributed by atoms with Gasteiger partial charge in [0.2, 0.25) is 5.91 Å². The quantitative estimate of drug-likeness (QED) is 0.498. The van der Waals surface area contributed by atoms with E-state index in [9.17, 15) is 4.79 Å². The summed E-state index contributed by atoms with van der Waals surface area (Å²) in [7, 11) is 1.59. The Balaban J connectivity index is 1.33. The number of benzene rings is 2. The van der Waals surface area contributed by atoms with Crippen LogP contribution in [0.2, 0.25) is 0 Å². The van der Waals surface area contributed by atoms with Crippen molar-refractivity contribution in [1.82, 2.24) is 25.0 Å². The van der Waals surface area contributed by atoms with Gasteiger partial charge in [0, 0.05) is 46.1 Å². The SMILES string of the molecule is COCCC(=O)NC(C)c1nnc2n1CCN(Cc1cccc(OCc3ccccc3)c1)CC2. The van der Waals surface area contributed by atoms with E-state index in [-0.39, 0.29) is 11.9 Å². The average Bonchev–Trinajstić information content (AvgIpc) is 3.17. The molecule has 3 aromatic rings. The zero-order valence-electron chi connectivity index (χ0n) is 19.9. The number of ether oxygens (including phenoxy) is 2. The van der Waals surface area contributed by atoms with Crippen LogP contribution in [0.4, 0.5) is 0 Å². The summed E-state index contributed by atoms with van der Waals surface area (Å²) in [6.07, 6.45) is 1.16. The molecular formula is C26H33N5O3. The van der Waals surface area contributed by atoms with Crippen molar-refractivity contribution in [1.29, 1.82) is 0 Å². The molecule has 2 aromatic carbocycles. The van der Waals surface area contributed by atoms with Gasteiger partial charge in [0.25, 0.3) is 0 Å². The van der Waals surface area contributed by atoms with Crippen LogP contribution in [0.25, 0.3) is 0 Å². The van der Waals surface area contributed by atoms with Crippen LogP contribution in [0, 0.1) is 0 Å². The largest absolute Gasteiger partial charge is 0.489 e. The predicted molar refractivity (Wildman–Crippen MR) is 129 cm³/mol. The second-order valence-corrected chi connectivity index (χ2v) is 8.61. The van der Waals surface area contributed by atoms with Gasteiger partial charge in [-0.25, -0.2) is 0 Å². The molecule has 1 aliphatic rings. The average molecular weight is 464 g/mol. The van der Waals surface area contributed by atoms with E-state index in [1.807, 2.05) is 31.2 Å². The van der Waals surface area contributed by atoms with Gasteiger partial charge >= 0.3 is 0 Å². The molecule has 1 unspecified atom stereocenters. The number of fused-ring (bicyclic) bond motifs is 1. The van der Waals surface area contributed by atoms with Crippen molar-refractivity contribution >= 4 is 5.91 Å². The number of hydrogen-bond acceptors (Lipinski definition) is 6. The van der Waals surface area contributed by atoms with Gasteiger partial charge in [-0.3, -0.25) is 9.69 Å². The van der Waals surface area contributed by atoms with Crippen LogP contribution in [-0.2, 0) is 35.6 Å². The van der Waals surface area contributed by atoms with E-state index in [2.05, 4.69) is 55.3 Å². The molecule has 4 rings (SSSR count). The zero-order valence-corrected chi connectivity index (χ0v) is 19.9. The van der Waals surface area contributed by atoms with Crippen molar-refractivity contribution in [3.05, 3.63) is 77.4 Å². The number of methoxy groups -OCH3 is 1. The first-order valence-electron chi connectivity index (χ1n) is 11.8. The molecule has 8 nitrogen and oxygen atoms in total. The molecular weight excluding hydrogens is 430 g/mol. The summed E-state index contributed by atoms with van der Waals surface area (Å²) in [5.74, 6) is 2.61. The lowest BCUT2D eigenvalue weighted by Crippen LogP contribution is -2.30. The van der Waals surface area contributed by atoms with Gasteiger partial charge in [-0.05, 0) is 30.2 Å². The van der Waals surface area contributed by atoms with E-state index < -0.39 is 0 Å². The molecule has 1 aliphatic heterocycles. The van der Waals surface area contributed by atoms with E-state index in [1.54, 1.807) is 7.11 Å². The third-order valence-electron chi connectivity index (χ3n) is 6.00. The van der Waals surface area contributed by atoms with Gasteiger partial charge < -0.3 is 19.4 Å². The van der Waals surface area contributed by atoms with Gasteiger partial charge in [-0.15, -0.1) is 10.2 Å². The lowest BCUT2D eigenvalue weighted by molar-refractivity contribution is -0.122. The van der Waals surface area contributed by atoms with Crippen molar-refractivity contribution in [2.24, 2.45) is 0 Å². The summed E-state index contributed by atoms with van der Waals surface area (Å²) in [4.78, 5) is 14.5. The fourth-order valence-corrected chi connectivity index (χ4v) is 4.17. The molecule has 0 aliphatic carbocycles. The Labute approximate surface area is 200 Å². The monoisotopic (exact) mass is 463 g/mol. The Kier molecular flexibility index (Phi) is 8.27. The van der Waals surface area contributed by atoms with E-state index in [0.717, 1.165) is 55.6 Å². The first-order valence-corrected chi connectivity index (χ1v) is 11.8. The lowest BCUT2D eigenvalue weighted by Gasteiger charge is -2.20. The minimum atomic E-state index is -0.199. The van der Waals surface area contributed by atoms with Gasteiger partial charge in [0.1, 0.15) is 18.2 Å². The molecule has 1 atom stereocenters. The molecule has 0 fully saturated rings. The summed E-state index contributed by atoms with van der Waals surface area (Å²) in [6.45, 7) is 6.35. The van der Waals surface area contributed by atoms with Crippen LogP contribution in [0.15, 0.2) is 54.6 Å². The van der Waals surface area contributed by atoms with Crippen molar-refractivity contribution in [3.63, 3.8) is 0 Å². The molecule has 180 valence electrons. The highest BCUT2D eigenvalue weighted by atomic mass is 16.5. The minimum Gasteiger partial charge on any atom is -0.489 e. The highest BCUT2D eigenvalue weighted by Crippen LogP contribution is 2.19. The highest BCUT2D eigenvalue weighted by Gasteiger charge is 2.22. The first kappa shape index (κ1) is 23.9. The summed E-state index contributed by atoms with van der Waals surface area (Å²) < 4.78 is 13.1. The maximum atomic E-state index is 12.1. The Morgan fingerprint density at radius 1 is 1.06 bits per heavy atom. The summed E-state index contributed by atoms with van der Waals surface area (Å²) in [5.41, 5.74) is 2.38. The Morgan fingerprint density at radius 3 is 2.71 bits per heavy atom. The Morgan fingerprint density at radius 2 is 1.88 bits per heavy atom. The fourth-order valence-electron chi connectivity index (χ4n) is 4.17. The number of nitrogens with zero attached hydrogens (tertiary/aromatic N) is 4. The fraction of sp³-hybridized carbons (Fsp3) is 0.423. The van der Waals surface area contributed by atoms with E-state index in [1.165, 1.54) is 5.56 Å². The van der Waals surface area contributed by atoms with Crippen LogP contribution in [0.5, 0.6) is 5.75 Å². The van der Waals surface area contributed by atoms with Gasteiger partial charge in [-0.1, -0.05) is 42.5 Å². The second-order valence-electron chi connectivity index (χ2n) is 8.61. The Hall–Kier alpha value is -3.23. The molecule has 0 radical (unpaired) electrons. The topological polar surface area (TPSA) is 81.5 Å². The number of aromatic nitrogens is 3. The molecule has 1 amide bonds. The lowest BCUT2D eigenvalue weighted by atomic mass is 10.2. The van der Waals surface area contributed by atoms with Gasteiger partial charge in [0.05, 0.1) is 12.6 Å². The number of hydrogen-bond donors (Lipinski definition) is 1. The first-order chi connectivity index (χ1) is 16.6. The number of rotatable bonds is 10. The van der Waals surface area contributed by atoms with Crippen molar-refractivity contribution in [3.8, 4) is 5.75 Å². The molecule has 0 saturated heterocycles. The number of amides is 1. The summed E-state index contributed by atoms with van der Waals surface area (Å²) in [6, 6.07) is 18.3. The van der Waals surface area contributed by atoms with Crippen LogP contribution in [-0.4, -0.2) is 52.4 Å². The second kappa shape index (κ2) is 11.8. The third-order valence-corrected chi connectivity index (χ3v) is 6.00. The molecule has 0 bridgehead atoms.